The molecule has 21 heavy (non-hydrogen) atoms. The molecule has 1 aromatic carbocycles. The lowest BCUT2D eigenvalue weighted by molar-refractivity contribution is 0.0703. The first kappa shape index (κ1) is 14.1. The molecule has 112 valence electrons. The van der Waals surface area contributed by atoms with E-state index in [4.69, 9.17) is 4.42 Å². The number of amides is 1. The van der Waals surface area contributed by atoms with Crippen LogP contribution in [0.25, 0.3) is 11.0 Å². The Morgan fingerprint density at radius 2 is 2.33 bits per heavy atom. The molecule has 2 heterocycles. The minimum Gasteiger partial charge on any atom is -0.464 e. The molecule has 0 saturated carbocycles. The number of aliphatic hydroxyl groups excluding tert-OH is 1. The summed E-state index contributed by atoms with van der Waals surface area (Å²) in [7, 11) is 0. The third-order valence-corrected chi connectivity index (χ3v) is 3.91. The van der Waals surface area contributed by atoms with Gasteiger partial charge in [0.05, 0.1) is 12.4 Å². The van der Waals surface area contributed by atoms with Crippen LogP contribution in [0, 0.1) is 0 Å². The van der Waals surface area contributed by atoms with Gasteiger partial charge in [0.2, 0.25) is 0 Å². The summed E-state index contributed by atoms with van der Waals surface area (Å²) in [6, 6.07) is 7.26. The zero-order chi connectivity index (χ0) is 14.7. The van der Waals surface area contributed by atoms with Gasteiger partial charge in [-0.2, -0.15) is 0 Å². The zero-order valence-corrected chi connectivity index (χ0v) is 11.9. The number of fused-ring (bicyclic) bond motifs is 1. The van der Waals surface area contributed by atoms with Crippen molar-refractivity contribution < 1.29 is 14.3 Å². The summed E-state index contributed by atoms with van der Waals surface area (Å²) in [6.45, 7) is 3.07. The van der Waals surface area contributed by atoms with Crippen molar-refractivity contribution in [3.8, 4) is 0 Å². The van der Waals surface area contributed by atoms with Gasteiger partial charge in [-0.1, -0.05) is 0 Å². The lowest BCUT2D eigenvalue weighted by atomic mass is 10.1. The zero-order valence-electron chi connectivity index (χ0n) is 11.9. The number of hydrogen-bond donors (Lipinski definition) is 2. The van der Waals surface area contributed by atoms with Gasteiger partial charge in [0, 0.05) is 30.6 Å². The minimum atomic E-state index is -0.224. The van der Waals surface area contributed by atoms with E-state index in [9.17, 15) is 9.90 Å². The number of furan rings is 1. The van der Waals surface area contributed by atoms with Crippen LogP contribution in [0.1, 0.15) is 23.2 Å². The van der Waals surface area contributed by atoms with E-state index < -0.39 is 0 Å². The first-order chi connectivity index (χ1) is 10.2. The van der Waals surface area contributed by atoms with E-state index in [0.717, 1.165) is 36.9 Å². The molecule has 0 bridgehead atoms. The Morgan fingerprint density at radius 3 is 3.19 bits per heavy atom. The molecule has 1 aliphatic rings. The van der Waals surface area contributed by atoms with E-state index in [1.165, 1.54) is 0 Å². The summed E-state index contributed by atoms with van der Waals surface area (Å²) in [6.07, 6.45) is 3.30. The van der Waals surface area contributed by atoms with Gasteiger partial charge in [0.1, 0.15) is 5.58 Å². The minimum absolute atomic E-state index is 0.0735. The van der Waals surface area contributed by atoms with E-state index in [-0.39, 0.29) is 12.0 Å². The van der Waals surface area contributed by atoms with Gasteiger partial charge in [-0.3, -0.25) is 9.69 Å². The highest BCUT2D eigenvalue weighted by molar-refractivity contribution is 5.97. The second-order valence-electron chi connectivity index (χ2n) is 5.53. The SMILES string of the molecule is O=C(NCCN1CCC[C@@H](O)C1)c1ccc2occc2c1. The van der Waals surface area contributed by atoms with E-state index >= 15 is 0 Å². The molecule has 5 heteroatoms. The fourth-order valence-electron chi connectivity index (χ4n) is 2.77. The molecule has 1 amide bonds. The number of carbonyl (C=O) groups excluding carboxylic acids is 1. The van der Waals surface area contributed by atoms with Crippen molar-refractivity contribution in [3.05, 3.63) is 36.1 Å². The summed E-state index contributed by atoms with van der Waals surface area (Å²) in [5.74, 6) is -0.0735. The second kappa shape index (κ2) is 6.28. The Hall–Kier alpha value is -1.85. The number of likely N-dealkylation sites (tertiary alicyclic amines) is 1. The molecule has 1 saturated heterocycles. The van der Waals surface area contributed by atoms with Crippen LogP contribution < -0.4 is 5.32 Å². The van der Waals surface area contributed by atoms with Crippen LogP contribution in [-0.4, -0.2) is 48.2 Å². The van der Waals surface area contributed by atoms with Crippen LogP contribution in [0.15, 0.2) is 34.9 Å². The fourth-order valence-corrected chi connectivity index (χ4v) is 2.77. The molecule has 1 aromatic heterocycles. The Bertz CT molecular complexity index is 623. The number of nitrogens with zero attached hydrogens (tertiary/aromatic N) is 1. The quantitative estimate of drug-likeness (QED) is 0.897. The highest BCUT2D eigenvalue weighted by atomic mass is 16.3. The Balaban J connectivity index is 1.51. The largest absolute Gasteiger partial charge is 0.464 e. The smallest absolute Gasteiger partial charge is 0.251 e. The Kier molecular flexibility index (Phi) is 4.22. The molecular weight excluding hydrogens is 268 g/mol. The molecule has 0 radical (unpaired) electrons. The van der Waals surface area contributed by atoms with E-state index in [0.29, 0.717) is 18.7 Å². The fraction of sp³-hybridized carbons (Fsp3) is 0.438. The monoisotopic (exact) mass is 288 g/mol. The number of rotatable bonds is 4. The summed E-state index contributed by atoms with van der Waals surface area (Å²) in [5.41, 5.74) is 1.43. The predicted octanol–water partition coefficient (Wildman–Crippen LogP) is 1.62. The molecule has 0 aliphatic carbocycles. The molecule has 5 nitrogen and oxygen atoms in total. The van der Waals surface area contributed by atoms with Crippen LogP contribution in [0.2, 0.25) is 0 Å². The standard InChI is InChI=1S/C16H20N2O3/c19-14-2-1-7-18(11-14)8-6-17-16(20)13-3-4-15-12(10-13)5-9-21-15/h3-5,9-10,14,19H,1-2,6-8,11H2,(H,17,20)/t14-/m1/s1. The summed E-state index contributed by atoms with van der Waals surface area (Å²) in [5, 5.41) is 13.5. The van der Waals surface area contributed by atoms with Gasteiger partial charge < -0.3 is 14.8 Å². The Labute approximate surface area is 123 Å². The lowest BCUT2D eigenvalue weighted by Gasteiger charge is -2.29. The second-order valence-corrected chi connectivity index (χ2v) is 5.53. The van der Waals surface area contributed by atoms with Gasteiger partial charge in [0.15, 0.2) is 0 Å². The topological polar surface area (TPSA) is 65.7 Å². The van der Waals surface area contributed by atoms with Gasteiger partial charge in [-0.25, -0.2) is 0 Å². The number of aliphatic hydroxyl groups is 1. The van der Waals surface area contributed by atoms with Crippen molar-refractivity contribution >= 4 is 16.9 Å². The predicted molar refractivity (Wildman–Crippen MR) is 80.2 cm³/mol. The number of β-amino-alcohol motifs (C(OH)–C–C–N with tert-alkyl or cyclic N) is 1. The number of hydrogen-bond acceptors (Lipinski definition) is 4. The van der Waals surface area contributed by atoms with E-state index in [1.807, 2.05) is 18.2 Å². The van der Waals surface area contributed by atoms with Crippen LogP contribution in [0.5, 0.6) is 0 Å². The number of nitrogens with one attached hydrogen (secondary N) is 1. The summed E-state index contributed by atoms with van der Waals surface area (Å²) in [4.78, 5) is 14.3. The normalized spacial score (nSPS) is 19.8. The van der Waals surface area contributed by atoms with Crippen molar-refractivity contribution in [1.29, 1.82) is 0 Å². The maximum Gasteiger partial charge on any atom is 0.251 e. The van der Waals surface area contributed by atoms with Crippen LogP contribution in [0.3, 0.4) is 0 Å². The molecule has 1 fully saturated rings. The molecule has 1 aliphatic heterocycles. The van der Waals surface area contributed by atoms with E-state index in [2.05, 4.69) is 10.2 Å². The first-order valence-corrected chi connectivity index (χ1v) is 7.38. The van der Waals surface area contributed by atoms with Gasteiger partial charge >= 0.3 is 0 Å². The van der Waals surface area contributed by atoms with Crippen molar-refractivity contribution in [2.75, 3.05) is 26.2 Å². The first-order valence-electron chi connectivity index (χ1n) is 7.38. The molecule has 0 spiro atoms. The maximum absolute atomic E-state index is 12.1. The highest BCUT2D eigenvalue weighted by Gasteiger charge is 2.17. The molecule has 1 atom stereocenters. The third-order valence-electron chi connectivity index (χ3n) is 3.91. The van der Waals surface area contributed by atoms with Gasteiger partial charge in [0.25, 0.3) is 5.91 Å². The average molecular weight is 288 g/mol. The van der Waals surface area contributed by atoms with E-state index in [1.54, 1.807) is 12.3 Å². The third kappa shape index (κ3) is 3.43. The highest BCUT2D eigenvalue weighted by Crippen LogP contribution is 2.16. The lowest BCUT2D eigenvalue weighted by Crippen LogP contribution is -2.42. The molecular formula is C16H20N2O3. The Morgan fingerprint density at radius 1 is 1.43 bits per heavy atom. The van der Waals surface area contributed by atoms with Crippen LogP contribution in [0.4, 0.5) is 0 Å². The number of carbonyl (C=O) groups is 1. The van der Waals surface area contributed by atoms with Gasteiger partial charge in [-0.15, -0.1) is 0 Å². The molecule has 2 aromatic rings. The summed E-state index contributed by atoms with van der Waals surface area (Å²) >= 11 is 0. The molecule has 2 N–H and O–H groups in total. The summed E-state index contributed by atoms with van der Waals surface area (Å²) < 4.78 is 5.26. The number of benzene rings is 1. The van der Waals surface area contributed by atoms with Crippen molar-refractivity contribution in [2.45, 2.75) is 18.9 Å². The maximum atomic E-state index is 12.1. The molecule has 0 unspecified atom stereocenters. The van der Waals surface area contributed by atoms with Crippen LogP contribution in [-0.2, 0) is 0 Å². The van der Waals surface area contributed by atoms with Crippen LogP contribution >= 0.6 is 0 Å². The van der Waals surface area contributed by atoms with Crippen molar-refractivity contribution in [1.82, 2.24) is 10.2 Å². The number of piperidine rings is 1. The average Bonchev–Trinajstić information content (AvgIpc) is 2.94. The molecule has 3 rings (SSSR count). The van der Waals surface area contributed by atoms with Crippen molar-refractivity contribution in [3.63, 3.8) is 0 Å². The van der Waals surface area contributed by atoms with Crippen molar-refractivity contribution in [2.24, 2.45) is 0 Å². The van der Waals surface area contributed by atoms with Gasteiger partial charge in [-0.05, 0) is 43.7 Å².